The summed E-state index contributed by atoms with van der Waals surface area (Å²) in [5, 5.41) is 2.12. The minimum absolute atomic E-state index is 0.189. The molecule has 2 aromatic heterocycles. The number of nitrogens with zero attached hydrogens (tertiary/aromatic N) is 4. The Morgan fingerprint density at radius 1 is 0.415 bits per heavy atom. The summed E-state index contributed by atoms with van der Waals surface area (Å²) in [6, 6.07) is 59.2. The molecule has 0 radical (unpaired) electrons. The molecular weight excluding hydrogens is 649 g/mol. The lowest BCUT2D eigenvalue weighted by atomic mass is 9.73. The van der Waals surface area contributed by atoms with Gasteiger partial charge in [-0.2, -0.15) is 0 Å². The highest BCUT2D eigenvalue weighted by atomic mass is 16.3. The Labute approximate surface area is 307 Å². The topological polar surface area (TPSA) is 55.1 Å². The van der Waals surface area contributed by atoms with Crippen molar-refractivity contribution < 1.29 is 4.42 Å². The van der Waals surface area contributed by atoms with Crippen LogP contribution in [0.5, 0.6) is 0 Å². The van der Waals surface area contributed by atoms with Gasteiger partial charge >= 0.3 is 0 Å². The van der Waals surface area contributed by atoms with Crippen LogP contribution in [0.25, 0.3) is 67.2 Å². The average molecular weight is 683 g/mol. The molecular formula is C48H34N4O. The van der Waals surface area contributed by atoms with Crippen molar-refractivity contribution in [1.82, 2.24) is 15.0 Å². The summed E-state index contributed by atoms with van der Waals surface area (Å²) in [6.45, 7) is 4.67. The highest BCUT2D eigenvalue weighted by molar-refractivity contribution is 6.07. The van der Waals surface area contributed by atoms with Crippen LogP contribution in [-0.2, 0) is 5.41 Å². The Kier molecular flexibility index (Phi) is 7.08. The number of benzene rings is 7. The number of furan rings is 1. The van der Waals surface area contributed by atoms with E-state index in [1.54, 1.807) is 0 Å². The average Bonchev–Trinajstić information content (AvgIpc) is 3.59. The highest BCUT2D eigenvalue weighted by Crippen LogP contribution is 2.52. The first-order valence-electron chi connectivity index (χ1n) is 17.9. The van der Waals surface area contributed by atoms with E-state index in [1.165, 1.54) is 28.1 Å². The summed E-state index contributed by atoms with van der Waals surface area (Å²) < 4.78 is 6.48. The maximum absolute atomic E-state index is 6.48. The number of hydrogen-bond donors (Lipinski definition) is 0. The van der Waals surface area contributed by atoms with Crippen LogP contribution < -0.4 is 4.90 Å². The normalized spacial score (nSPS) is 13.2. The molecule has 1 aliphatic heterocycles. The summed E-state index contributed by atoms with van der Waals surface area (Å²) in [5.41, 5.74) is 12.7. The van der Waals surface area contributed by atoms with Crippen molar-refractivity contribution in [1.29, 1.82) is 0 Å². The molecule has 0 unspecified atom stereocenters. The second kappa shape index (κ2) is 12.1. The zero-order valence-corrected chi connectivity index (χ0v) is 29.4. The lowest BCUT2D eigenvalue weighted by molar-refractivity contribution is 0.632. The summed E-state index contributed by atoms with van der Waals surface area (Å²) >= 11 is 0. The van der Waals surface area contributed by atoms with Gasteiger partial charge in [-0.3, -0.25) is 0 Å². The number of hydrogen-bond acceptors (Lipinski definition) is 5. The first kappa shape index (κ1) is 30.9. The smallest absolute Gasteiger partial charge is 0.164 e. The number of fused-ring (bicyclic) bond motifs is 5. The van der Waals surface area contributed by atoms with E-state index in [0.29, 0.717) is 17.5 Å². The Balaban J connectivity index is 1.06. The Morgan fingerprint density at radius 2 is 0.962 bits per heavy atom. The summed E-state index contributed by atoms with van der Waals surface area (Å²) in [6.07, 6.45) is 0. The Morgan fingerprint density at radius 3 is 1.66 bits per heavy atom. The fourth-order valence-electron chi connectivity index (χ4n) is 7.77. The molecule has 9 aromatic rings. The predicted molar refractivity (Wildman–Crippen MR) is 216 cm³/mol. The van der Waals surface area contributed by atoms with Crippen LogP contribution in [0.1, 0.15) is 25.0 Å². The van der Waals surface area contributed by atoms with Gasteiger partial charge in [-0.1, -0.05) is 129 Å². The molecule has 0 atom stereocenters. The van der Waals surface area contributed by atoms with Gasteiger partial charge in [0.2, 0.25) is 0 Å². The molecule has 0 spiro atoms. The van der Waals surface area contributed by atoms with E-state index >= 15 is 0 Å². The van der Waals surface area contributed by atoms with E-state index in [0.717, 1.165) is 49.9 Å². The third-order valence-electron chi connectivity index (χ3n) is 10.5. The molecule has 7 aromatic carbocycles. The maximum Gasteiger partial charge on any atom is 0.164 e. The van der Waals surface area contributed by atoms with Gasteiger partial charge in [0.15, 0.2) is 17.5 Å². The van der Waals surface area contributed by atoms with Crippen LogP contribution >= 0.6 is 0 Å². The van der Waals surface area contributed by atoms with Crippen molar-refractivity contribution in [2.24, 2.45) is 0 Å². The lowest BCUT2D eigenvalue weighted by Gasteiger charge is -2.42. The molecule has 10 rings (SSSR count). The minimum atomic E-state index is -0.189. The van der Waals surface area contributed by atoms with Crippen molar-refractivity contribution in [3.05, 3.63) is 181 Å². The van der Waals surface area contributed by atoms with Crippen molar-refractivity contribution in [2.45, 2.75) is 19.3 Å². The van der Waals surface area contributed by atoms with Crippen molar-refractivity contribution in [3.63, 3.8) is 0 Å². The van der Waals surface area contributed by atoms with E-state index < -0.39 is 0 Å². The zero-order valence-electron chi connectivity index (χ0n) is 29.4. The second-order valence-electron chi connectivity index (χ2n) is 14.1. The SMILES string of the molecule is CC1(C)c2ccccc2N(c2ccccc2)c2ccc(-c3ccc4oc5cc(-c6nc(-c7ccccc7)nc(-c7ccccc7)n6)ccc5c4c3)cc21. The maximum atomic E-state index is 6.48. The first-order valence-corrected chi connectivity index (χ1v) is 17.9. The fourth-order valence-corrected chi connectivity index (χ4v) is 7.77. The largest absolute Gasteiger partial charge is 0.456 e. The predicted octanol–water partition coefficient (Wildman–Crippen LogP) is 12.5. The minimum Gasteiger partial charge on any atom is -0.456 e. The van der Waals surface area contributed by atoms with Crippen LogP contribution in [0.3, 0.4) is 0 Å². The second-order valence-corrected chi connectivity index (χ2v) is 14.1. The molecule has 0 amide bonds. The van der Waals surface area contributed by atoms with Crippen molar-refractivity contribution in [3.8, 4) is 45.3 Å². The monoisotopic (exact) mass is 682 g/mol. The summed E-state index contributed by atoms with van der Waals surface area (Å²) in [4.78, 5) is 17.1. The fraction of sp³-hybridized carbons (Fsp3) is 0.0625. The van der Waals surface area contributed by atoms with E-state index in [4.69, 9.17) is 19.4 Å². The van der Waals surface area contributed by atoms with E-state index in [-0.39, 0.29) is 5.41 Å². The van der Waals surface area contributed by atoms with Gasteiger partial charge < -0.3 is 9.32 Å². The van der Waals surface area contributed by atoms with Crippen molar-refractivity contribution in [2.75, 3.05) is 4.90 Å². The molecule has 0 fully saturated rings. The van der Waals surface area contributed by atoms with Gasteiger partial charge in [-0.15, -0.1) is 0 Å². The number of rotatable bonds is 5. The summed E-state index contributed by atoms with van der Waals surface area (Å²) in [7, 11) is 0. The van der Waals surface area contributed by atoms with E-state index in [9.17, 15) is 0 Å². The van der Waals surface area contributed by atoms with Gasteiger partial charge in [0.1, 0.15) is 11.2 Å². The molecule has 252 valence electrons. The molecule has 0 saturated carbocycles. The van der Waals surface area contributed by atoms with Gasteiger partial charge in [-0.25, -0.2) is 15.0 Å². The van der Waals surface area contributed by atoms with Gasteiger partial charge in [0.25, 0.3) is 0 Å². The van der Waals surface area contributed by atoms with Crippen LogP contribution in [0.2, 0.25) is 0 Å². The molecule has 1 aliphatic rings. The molecule has 0 aliphatic carbocycles. The van der Waals surface area contributed by atoms with Crippen LogP contribution in [0.15, 0.2) is 174 Å². The third-order valence-corrected chi connectivity index (χ3v) is 10.5. The standard InChI is InChI=1S/C48H34N4O/c1-48(2)39-20-12-13-21-41(39)52(36-18-10-5-11-19-36)42-26-23-34(29-40(42)48)33-24-27-43-38(28-33)37-25-22-35(30-44(37)53-43)47-50-45(31-14-6-3-7-15-31)49-46(51-47)32-16-8-4-9-17-32/h3-30H,1-2H3. The van der Waals surface area contributed by atoms with Crippen molar-refractivity contribution >= 4 is 39.0 Å². The van der Waals surface area contributed by atoms with Crippen LogP contribution in [-0.4, -0.2) is 15.0 Å². The molecule has 5 nitrogen and oxygen atoms in total. The Bertz CT molecular complexity index is 2750. The molecule has 5 heteroatoms. The zero-order chi connectivity index (χ0) is 35.5. The van der Waals surface area contributed by atoms with Gasteiger partial charge in [0.05, 0.1) is 11.4 Å². The molecule has 53 heavy (non-hydrogen) atoms. The highest BCUT2D eigenvalue weighted by Gasteiger charge is 2.37. The number of aromatic nitrogens is 3. The van der Waals surface area contributed by atoms with E-state index in [1.807, 2.05) is 66.7 Å². The first-order chi connectivity index (χ1) is 26.0. The Hall–Kier alpha value is -6.85. The van der Waals surface area contributed by atoms with Gasteiger partial charge in [-0.05, 0) is 76.9 Å². The van der Waals surface area contributed by atoms with Crippen LogP contribution in [0, 0.1) is 0 Å². The van der Waals surface area contributed by atoms with Gasteiger partial charge in [0, 0.05) is 38.6 Å². The number of anilines is 3. The molecule has 0 bridgehead atoms. The quantitative estimate of drug-likeness (QED) is 0.181. The summed E-state index contributed by atoms with van der Waals surface area (Å²) in [5.74, 6) is 1.86. The van der Waals surface area contributed by atoms with E-state index in [2.05, 4.69) is 122 Å². The third kappa shape index (κ3) is 5.20. The molecule has 0 saturated heterocycles. The lowest BCUT2D eigenvalue weighted by Crippen LogP contribution is -2.30. The number of para-hydroxylation sites is 2. The molecule has 3 heterocycles. The van der Waals surface area contributed by atoms with Crippen LogP contribution in [0.4, 0.5) is 17.1 Å². The molecule has 0 N–H and O–H groups in total.